The molecule has 1 saturated heterocycles. The molecule has 0 atom stereocenters. The molecule has 3 N–H and O–H groups in total. The van der Waals surface area contributed by atoms with Crippen molar-refractivity contribution in [2.75, 3.05) is 59.9 Å². The van der Waals surface area contributed by atoms with Gasteiger partial charge in [-0.25, -0.2) is 0 Å². The number of likely N-dealkylation sites (tertiary alicyclic amines) is 1. The van der Waals surface area contributed by atoms with E-state index >= 15 is 0 Å². The average Bonchev–Trinajstić information content (AvgIpc) is 2.61. The minimum atomic E-state index is 0.0893. The smallest absolute Gasteiger partial charge is 0.233 e. The summed E-state index contributed by atoms with van der Waals surface area (Å²) in [6.45, 7) is 11.0. The predicted octanol–water partition coefficient (Wildman–Crippen LogP) is 0.0937. The molecule has 0 aromatic carbocycles. The molecule has 0 unspecified atom stereocenters. The van der Waals surface area contributed by atoms with Crippen molar-refractivity contribution in [2.24, 2.45) is 4.99 Å². The molecule has 0 aliphatic carbocycles. The molecule has 1 aliphatic rings. The summed E-state index contributed by atoms with van der Waals surface area (Å²) in [5.41, 5.74) is 0. The van der Waals surface area contributed by atoms with Crippen LogP contribution in [0, 0.1) is 0 Å². The van der Waals surface area contributed by atoms with Gasteiger partial charge in [0.15, 0.2) is 5.96 Å². The van der Waals surface area contributed by atoms with E-state index < -0.39 is 0 Å². The van der Waals surface area contributed by atoms with E-state index in [0.29, 0.717) is 12.6 Å². The molecule has 0 radical (unpaired) electrons. The van der Waals surface area contributed by atoms with Crippen LogP contribution >= 0.6 is 0 Å². The lowest BCUT2D eigenvalue weighted by atomic mass is 10.1. The predicted molar refractivity (Wildman–Crippen MR) is 100 cm³/mol. The third kappa shape index (κ3) is 7.97. The lowest BCUT2D eigenvalue weighted by molar-refractivity contribution is -0.122. The second kappa shape index (κ2) is 12.1. The van der Waals surface area contributed by atoms with E-state index in [2.05, 4.69) is 44.6 Å². The van der Waals surface area contributed by atoms with E-state index in [0.717, 1.165) is 58.1 Å². The number of nitrogens with one attached hydrogen (secondary N) is 3. The van der Waals surface area contributed by atoms with Gasteiger partial charge in [-0.05, 0) is 32.4 Å². The van der Waals surface area contributed by atoms with E-state index in [-0.39, 0.29) is 5.91 Å². The molecule has 0 aromatic rings. The number of guanidine groups is 1. The molecule has 7 heteroatoms. The first kappa shape index (κ1) is 20.7. The summed E-state index contributed by atoms with van der Waals surface area (Å²) in [5.74, 6) is 0.971. The van der Waals surface area contributed by atoms with Gasteiger partial charge in [0, 0.05) is 46.3 Å². The van der Waals surface area contributed by atoms with Gasteiger partial charge in [-0.2, -0.15) is 0 Å². The Balaban J connectivity index is 2.25. The lowest BCUT2D eigenvalue weighted by Gasteiger charge is -2.32. The molecule has 0 aromatic heterocycles. The Kier molecular flexibility index (Phi) is 10.4. The molecule has 0 spiro atoms. The third-order valence-electron chi connectivity index (χ3n) is 4.51. The van der Waals surface area contributed by atoms with Gasteiger partial charge in [0.2, 0.25) is 5.91 Å². The molecule has 1 amide bonds. The molecule has 1 fully saturated rings. The van der Waals surface area contributed by atoms with Crippen LogP contribution in [0.15, 0.2) is 4.99 Å². The fraction of sp³-hybridized carbons (Fsp3) is 0.882. The number of rotatable bonds is 9. The van der Waals surface area contributed by atoms with Crippen molar-refractivity contribution in [3.8, 4) is 0 Å². The zero-order chi connectivity index (χ0) is 17.8. The van der Waals surface area contributed by atoms with Crippen LogP contribution in [0.2, 0.25) is 0 Å². The highest BCUT2D eigenvalue weighted by atomic mass is 16.1. The number of carbonyl (C=O) groups excluding carboxylic acids is 1. The third-order valence-corrected chi connectivity index (χ3v) is 4.51. The minimum absolute atomic E-state index is 0.0893. The first-order valence-corrected chi connectivity index (χ1v) is 9.25. The summed E-state index contributed by atoms with van der Waals surface area (Å²) in [6.07, 6.45) is 3.26. The number of hydrogen-bond donors (Lipinski definition) is 3. The van der Waals surface area contributed by atoms with Gasteiger partial charge >= 0.3 is 0 Å². The molecule has 7 nitrogen and oxygen atoms in total. The van der Waals surface area contributed by atoms with Crippen LogP contribution in [0.4, 0.5) is 0 Å². The molecule has 1 rings (SSSR count). The minimum Gasteiger partial charge on any atom is -0.358 e. The Bertz CT molecular complexity index is 379. The fourth-order valence-corrected chi connectivity index (χ4v) is 2.98. The number of carbonyl (C=O) groups is 1. The molecule has 24 heavy (non-hydrogen) atoms. The van der Waals surface area contributed by atoms with Crippen LogP contribution in [0.25, 0.3) is 0 Å². The van der Waals surface area contributed by atoms with Gasteiger partial charge < -0.3 is 20.9 Å². The van der Waals surface area contributed by atoms with Gasteiger partial charge in [-0.1, -0.05) is 13.8 Å². The van der Waals surface area contributed by atoms with Crippen molar-refractivity contribution >= 4 is 11.9 Å². The summed E-state index contributed by atoms with van der Waals surface area (Å²) >= 11 is 0. The van der Waals surface area contributed by atoms with Crippen molar-refractivity contribution in [3.05, 3.63) is 0 Å². The van der Waals surface area contributed by atoms with E-state index in [9.17, 15) is 4.79 Å². The van der Waals surface area contributed by atoms with Crippen LogP contribution in [0.5, 0.6) is 0 Å². The summed E-state index contributed by atoms with van der Waals surface area (Å²) in [7, 11) is 3.51. The topological polar surface area (TPSA) is 72.0 Å². The Morgan fingerprint density at radius 1 is 1.25 bits per heavy atom. The van der Waals surface area contributed by atoms with Gasteiger partial charge in [-0.15, -0.1) is 0 Å². The van der Waals surface area contributed by atoms with Crippen LogP contribution in [0.3, 0.4) is 0 Å². The molecule has 0 bridgehead atoms. The number of aliphatic imine (C=N–C) groups is 1. The van der Waals surface area contributed by atoms with Crippen LogP contribution in [-0.4, -0.2) is 87.6 Å². The number of hydrogen-bond acceptors (Lipinski definition) is 4. The molecule has 140 valence electrons. The van der Waals surface area contributed by atoms with Crippen molar-refractivity contribution in [1.82, 2.24) is 25.8 Å². The monoisotopic (exact) mass is 340 g/mol. The van der Waals surface area contributed by atoms with E-state index in [1.54, 1.807) is 7.05 Å². The van der Waals surface area contributed by atoms with Gasteiger partial charge in [0.1, 0.15) is 0 Å². The highest BCUT2D eigenvalue weighted by Crippen LogP contribution is 2.09. The van der Waals surface area contributed by atoms with Crippen molar-refractivity contribution < 1.29 is 4.79 Å². The van der Waals surface area contributed by atoms with Gasteiger partial charge in [-0.3, -0.25) is 14.7 Å². The number of likely N-dealkylation sites (N-methyl/N-ethyl adjacent to an activating group) is 2. The van der Waals surface area contributed by atoms with E-state index in [1.165, 1.54) is 6.42 Å². The largest absolute Gasteiger partial charge is 0.358 e. The molecule has 0 saturated carbocycles. The fourth-order valence-electron chi connectivity index (χ4n) is 2.98. The normalized spacial score (nSPS) is 17.1. The van der Waals surface area contributed by atoms with E-state index in [1.807, 2.05) is 7.05 Å². The molecule has 1 heterocycles. The number of nitrogens with zero attached hydrogens (tertiary/aromatic N) is 3. The van der Waals surface area contributed by atoms with Crippen molar-refractivity contribution in [2.45, 2.75) is 39.2 Å². The standard InChI is InChI=1S/C17H36N6O/c1-5-10-22(6-2)13-9-20-17(19-4)21-15-7-11-23(12-8-15)14-16(24)18-3/h15H,5-14H2,1-4H3,(H,18,24)(H2,19,20,21). The van der Waals surface area contributed by atoms with E-state index in [4.69, 9.17) is 0 Å². The lowest BCUT2D eigenvalue weighted by Crippen LogP contribution is -2.50. The zero-order valence-electron chi connectivity index (χ0n) is 15.9. The Hall–Kier alpha value is -1.34. The maximum Gasteiger partial charge on any atom is 0.233 e. The SMILES string of the molecule is CCCN(CC)CCNC(=NC)NC1CCN(CC(=O)NC)CC1. The van der Waals surface area contributed by atoms with Gasteiger partial charge in [0.25, 0.3) is 0 Å². The molecular formula is C17H36N6O. The van der Waals surface area contributed by atoms with Gasteiger partial charge in [0.05, 0.1) is 6.54 Å². The Labute approximate surface area is 147 Å². The second-order valence-corrected chi connectivity index (χ2v) is 6.30. The van der Waals surface area contributed by atoms with Crippen LogP contribution < -0.4 is 16.0 Å². The number of piperidine rings is 1. The highest BCUT2D eigenvalue weighted by Gasteiger charge is 2.21. The summed E-state index contributed by atoms with van der Waals surface area (Å²) in [5, 5.41) is 9.60. The maximum absolute atomic E-state index is 11.4. The van der Waals surface area contributed by atoms with Crippen molar-refractivity contribution in [3.63, 3.8) is 0 Å². The quantitative estimate of drug-likeness (QED) is 0.410. The summed E-state index contributed by atoms with van der Waals surface area (Å²) in [4.78, 5) is 20.4. The molecule has 1 aliphatic heterocycles. The number of amides is 1. The Morgan fingerprint density at radius 3 is 2.50 bits per heavy atom. The van der Waals surface area contributed by atoms with Crippen LogP contribution in [0.1, 0.15) is 33.1 Å². The van der Waals surface area contributed by atoms with Crippen molar-refractivity contribution in [1.29, 1.82) is 0 Å². The highest BCUT2D eigenvalue weighted by molar-refractivity contribution is 5.80. The average molecular weight is 341 g/mol. The first-order chi connectivity index (χ1) is 11.6. The summed E-state index contributed by atoms with van der Waals surface area (Å²) in [6, 6.07) is 0.426. The zero-order valence-corrected chi connectivity index (χ0v) is 15.9. The van der Waals surface area contributed by atoms with Crippen LogP contribution in [-0.2, 0) is 4.79 Å². The Morgan fingerprint density at radius 2 is 1.96 bits per heavy atom. The second-order valence-electron chi connectivity index (χ2n) is 6.30. The maximum atomic E-state index is 11.4. The first-order valence-electron chi connectivity index (χ1n) is 9.25. The summed E-state index contributed by atoms with van der Waals surface area (Å²) < 4.78 is 0. The molecular weight excluding hydrogens is 304 g/mol.